The smallest absolute Gasteiger partial charge is 0.274 e. The molecule has 0 radical (unpaired) electrons. The zero-order valence-corrected chi connectivity index (χ0v) is 20.8. The number of ether oxygens (including phenoxy) is 1. The number of nitrogens with zero attached hydrogens (tertiary/aromatic N) is 5. The summed E-state index contributed by atoms with van der Waals surface area (Å²) in [6.07, 6.45) is 6.58. The molecule has 184 valence electrons. The van der Waals surface area contributed by atoms with E-state index >= 15 is 0 Å². The first-order chi connectivity index (χ1) is 17.6. The minimum atomic E-state index is -0.312. The lowest BCUT2D eigenvalue weighted by molar-refractivity contribution is 0.0957. The number of carbonyl (C=O) groups excluding carboxylic acids is 1. The highest BCUT2D eigenvalue weighted by atomic mass is 16.5. The summed E-state index contributed by atoms with van der Waals surface area (Å²) in [6, 6.07) is 19.5. The molecule has 0 atom stereocenters. The fraction of sp³-hybridized carbons (Fsp3) is 0.214. The number of allylic oxidation sites excluding steroid dienone is 1. The van der Waals surface area contributed by atoms with Gasteiger partial charge in [0.15, 0.2) is 5.82 Å². The van der Waals surface area contributed by atoms with Crippen molar-refractivity contribution in [2.24, 2.45) is 0 Å². The first-order valence-corrected chi connectivity index (χ1v) is 11.9. The van der Waals surface area contributed by atoms with Crippen molar-refractivity contribution < 1.29 is 9.53 Å². The van der Waals surface area contributed by atoms with Gasteiger partial charge in [-0.2, -0.15) is 9.67 Å². The number of pyridine rings is 1. The second-order valence-corrected chi connectivity index (χ2v) is 8.05. The third-order valence-electron chi connectivity index (χ3n) is 5.79. The maximum absolute atomic E-state index is 13.1. The van der Waals surface area contributed by atoms with Crippen LogP contribution in [-0.2, 0) is 6.54 Å². The minimum Gasteiger partial charge on any atom is -0.497 e. The molecule has 36 heavy (non-hydrogen) atoms. The van der Waals surface area contributed by atoms with Crippen LogP contribution < -0.4 is 15.0 Å². The van der Waals surface area contributed by atoms with E-state index in [0.29, 0.717) is 18.3 Å². The van der Waals surface area contributed by atoms with Crippen molar-refractivity contribution in [3.63, 3.8) is 0 Å². The molecule has 2 aromatic carbocycles. The van der Waals surface area contributed by atoms with Crippen LogP contribution in [0.4, 0.5) is 11.6 Å². The van der Waals surface area contributed by atoms with Gasteiger partial charge in [0, 0.05) is 49.4 Å². The molecule has 8 nitrogen and oxygen atoms in total. The van der Waals surface area contributed by atoms with Crippen LogP contribution in [0.2, 0.25) is 0 Å². The lowest BCUT2D eigenvalue weighted by Gasteiger charge is -2.21. The third kappa shape index (κ3) is 5.96. The SMILES string of the molecule is CCN(CC)c1ccc(CNc2nc(-c3cccnc3)nn2C(=O)/C=C/c2ccc(OC)cc2)cc1. The van der Waals surface area contributed by atoms with E-state index in [9.17, 15) is 4.79 Å². The van der Waals surface area contributed by atoms with E-state index in [2.05, 4.69) is 63.4 Å². The number of hydrogen-bond acceptors (Lipinski definition) is 7. The average Bonchev–Trinajstić information content (AvgIpc) is 3.37. The summed E-state index contributed by atoms with van der Waals surface area (Å²) in [4.78, 5) is 24.1. The van der Waals surface area contributed by atoms with Gasteiger partial charge in [-0.05, 0) is 67.4 Å². The van der Waals surface area contributed by atoms with E-state index in [0.717, 1.165) is 35.5 Å². The molecular formula is C28H30N6O2. The summed E-state index contributed by atoms with van der Waals surface area (Å²) in [5, 5.41) is 7.74. The molecule has 0 aliphatic carbocycles. The fourth-order valence-electron chi connectivity index (χ4n) is 3.75. The largest absolute Gasteiger partial charge is 0.497 e. The maximum Gasteiger partial charge on any atom is 0.274 e. The summed E-state index contributed by atoms with van der Waals surface area (Å²) in [5.74, 6) is 1.24. The first kappa shape index (κ1) is 24.7. The van der Waals surface area contributed by atoms with Gasteiger partial charge in [-0.15, -0.1) is 5.10 Å². The van der Waals surface area contributed by atoms with E-state index in [4.69, 9.17) is 4.74 Å². The molecule has 0 aliphatic heterocycles. The molecule has 0 unspecified atom stereocenters. The summed E-state index contributed by atoms with van der Waals surface area (Å²) in [6.45, 7) is 6.71. The molecule has 4 rings (SSSR count). The van der Waals surface area contributed by atoms with Gasteiger partial charge >= 0.3 is 0 Å². The first-order valence-electron chi connectivity index (χ1n) is 11.9. The Morgan fingerprint density at radius 2 is 1.81 bits per heavy atom. The Hall–Kier alpha value is -4.46. The van der Waals surface area contributed by atoms with Crippen LogP contribution >= 0.6 is 0 Å². The molecule has 0 bridgehead atoms. The van der Waals surface area contributed by atoms with E-state index in [1.54, 1.807) is 25.6 Å². The Bertz CT molecular complexity index is 1290. The van der Waals surface area contributed by atoms with Crippen LogP contribution in [-0.4, -0.2) is 45.9 Å². The van der Waals surface area contributed by atoms with Crippen molar-refractivity contribution in [3.05, 3.63) is 90.3 Å². The van der Waals surface area contributed by atoms with Crippen LogP contribution in [0.1, 0.15) is 29.8 Å². The summed E-state index contributed by atoms with van der Waals surface area (Å²) in [7, 11) is 1.62. The van der Waals surface area contributed by atoms with Gasteiger partial charge in [-0.25, -0.2) is 0 Å². The number of nitrogens with one attached hydrogen (secondary N) is 1. The van der Waals surface area contributed by atoms with E-state index in [-0.39, 0.29) is 5.91 Å². The zero-order chi connectivity index (χ0) is 25.3. The normalized spacial score (nSPS) is 11.0. The standard InChI is InChI=1S/C28H30N6O2/c1-4-33(5-2)24-13-8-22(9-14-24)19-30-28-31-27(23-7-6-18-29-20-23)32-34(28)26(35)17-12-21-10-15-25(36-3)16-11-21/h6-18,20H,4-5,19H2,1-3H3,(H,30,31,32)/b17-12+. The predicted octanol–water partition coefficient (Wildman–Crippen LogP) is 5.16. The molecule has 1 N–H and O–H groups in total. The fourth-order valence-corrected chi connectivity index (χ4v) is 3.75. The maximum atomic E-state index is 13.1. The van der Waals surface area contributed by atoms with Crippen LogP contribution in [0.3, 0.4) is 0 Å². The number of benzene rings is 2. The number of aromatic nitrogens is 4. The summed E-state index contributed by atoms with van der Waals surface area (Å²) < 4.78 is 6.47. The van der Waals surface area contributed by atoms with Crippen LogP contribution in [0.25, 0.3) is 17.5 Å². The van der Waals surface area contributed by atoms with Crippen molar-refractivity contribution in [1.29, 1.82) is 0 Å². The van der Waals surface area contributed by atoms with Crippen molar-refractivity contribution in [2.75, 3.05) is 30.4 Å². The highest BCUT2D eigenvalue weighted by Crippen LogP contribution is 2.19. The van der Waals surface area contributed by atoms with Crippen LogP contribution in [0.5, 0.6) is 5.75 Å². The molecule has 0 saturated carbocycles. The molecule has 2 aromatic heterocycles. The Balaban J connectivity index is 1.55. The number of anilines is 2. The summed E-state index contributed by atoms with van der Waals surface area (Å²) in [5.41, 5.74) is 3.86. The zero-order valence-electron chi connectivity index (χ0n) is 20.8. The van der Waals surface area contributed by atoms with Crippen molar-refractivity contribution in [1.82, 2.24) is 19.7 Å². The van der Waals surface area contributed by atoms with Crippen molar-refractivity contribution in [2.45, 2.75) is 20.4 Å². The molecule has 0 saturated heterocycles. The van der Waals surface area contributed by atoms with Gasteiger partial charge in [0.25, 0.3) is 5.91 Å². The van der Waals surface area contributed by atoms with E-state index in [1.165, 1.54) is 16.4 Å². The lowest BCUT2D eigenvalue weighted by Crippen LogP contribution is -2.21. The topological polar surface area (TPSA) is 85.2 Å². The Kier molecular flexibility index (Phi) is 8.08. The Morgan fingerprint density at radius 1 is 1.06 bits per heavy atom. The second kappa shape index (κ2) is 11.8. The molecule has 0 amide bonds. The third-order valence-corrected chi connectivity index (χ3v) is 5.79. The molecule has 8 heteroatoms. The van der Waals surface area contributed by atoms with E-state index in [1.807, 2.05) is 36.4 Å². The minimum absolute atomic E-state index is 0.312. The van der Waals surface area contributed by atoms with Gasteiger partial charge in [0.1, 0.15) is 5.75 Å². The van der Waals surface area contributed by atoms with Crippen LogP contribution in [0, 0.1) is 0 Å². The molecule has 0 aliphatic rings. The quantitative estimate of drug-likeness (QED) is 0.313. The Labute approximate surface area is 211 Å². The van der Waals surface area contributed by atoms with Gasteiger partial charge in [-0.1, -0.05) is 24.3 Å². The molecule has 0 spiro atoms. The van der Waals surface area contributed by atoms with Gasteiger partial charge in [0.2, 0.25) is 5.95 Å². The van der Waals surface area contributed by atoms with E-state index < -0.39 is 0 Å². The predicted molar refractivity (Wildman–Crippen MR) is 143 cm³/mol. The van der Waals surface area contributed by atoms with Gasteiger partial charge in [-0.3, -0.25) is 9.78 Å². The summed E-state index contributed by atoms with van der Waals surface area (Å²) >= 11 is 0. The molecular weight excluding hydrogens is 452 g/mol. The van der Waals surface area contributed by atoms with Crippen molar-refractivity contribution >= 4 is 23.6 Å². The van der Waals surface area contributed by atoms with Crippen LogP contribution in [0.15, 0.2) is 79.1 Å². The molecule has 4 aromatic rings. The number of methoxy groups -OCH3 is 1. The monoisotopic (exact) mass is 482 g/mol. The Morgan fingerprint density at radius 3 is 2.44 bits per heavy atom. The second-order valence-electron chi connectivity index (χ2n) is 8.05. The van der Waals surface area contributed by atoms with Gasteiger partial charge < -0.3 is 15.0 Å². The molecule has 0 fully saturated rings. The van der Waals surface area contributed by atoms with Gasteiger partial charge in [0.05, 0.1) is 7.11 Å². The average molecular weight is 483 g/mol. The lowest BCUT2D eigenvalue weighted by atomic mass is 10.2. The number of hydrogen-bond donors (Lipinski definition) is 1. The highest BCUT2D eigenvalue weighted by molar-refractivity contribution is 5.94. The highest BCUT2D eigenvalue weighted by Gasteiger charge is 2.16. The number of carbonyl (C=O) groups is 1. The molecule has 2 heterocycles. The van der Waals surface area contributed by atoms with Crippen molar-refractivity contribution in [3.8, 4) is 17.1 Å². The number of rotatable bonds is 10.